The Kier molecular flexibility index (Phi) is 5.69. The highest BCUT2D eigenvalue weighted by Gasteiger charge is 2.37. The first kappa shape index (κ1) is 20.9. The maximum Gasteiger partial charge on any atom is 0.264 e. The molecule has 1 heterocycles. The summed E-state index contributed by atoms with van der Waals surface area (Å²) in [4.78, 5) is 13.0. The van der Waals surface area contributed by atoms with Crippen molar-refractivity contribution in [1.82, 2.24) is 5.32 Å². The van der Waals surface area contributed by atoms with Gasteiger partial charge < -0.3 is 10.1 Å². The number of carbonyl (C=O) groups is 1. The Balaban J connectivity index is 1.59. The predicted molar refractivity (Wildman–Crippen MR) is 120 cm³/mol. The number of fused-ring (bicyclic) bond motifs is 1. The summed E-state index contributed by atoms with van der Waals surface area (Å²) in [6.45, 7) is 4.12. The van der Waals surface area contributed by atoms with E-state index in [2.05, 4.69) is 5.32 Å². The van der Waals surface area contributed by atoms with Gasteiger partial charge in [-0.15, -0.1) is 0 Å². The highest BCUT2D eigenvalue weighted by molar-refractivity contribution is 7.92. The minimum Gasteiger partial charge on any atom is -0.476 e. The van der Waals surface area contributed by atoms with Gasteiger partial charge in [0, 0.05) is 6.54 Å². The molecule has 0 saturated carbocycles. The van der Waals surface area contributed by atoms with Crippen molar-refractivity contribution in [2.24, 2.45) is 0 Å². The van der Waals surface area contributed by atoms with Gasteiger partial charge in [-0.25, -0.2) is 8.42 Å². The lowest BCUT2D eigenvalue weighted by Crippen LogP contribution is -2.50. The third-order valence-electron chi connectivity index (χ3n) is 5.19. The Morgan fingerprint density at radius 3 is 2.48 bits per heavy atom. The van der Waals surface area contributed by atoms with E-state index in [1.807, 2.05) is 38.1 Å². The number of para-hydroxylation sites is 2. The maximum atomic E-state index is 13.4. The van der Waals surface area contributed by atoms with Gasteiger partial charge in [0.05, 0.1) is 17.1 Å². The molecular formula is C24H24N2O4S. The highest BCUT2D eigenvalue weighted by atomic mass is 32.2. The van der Waals surface area contributed by atoms with Crippen LogP contribution in [0.15, 0.2) is 77.7 Å². The lowest BCUT2D eigenvalue weighted by Gasteiger charge is -2.34. The lowest BCUT2D eigenvalue weighted by atomic mass is 10.1. The van der Waals surface area contributed by atoms with Crippen molar-refractivity contribution in [3.05, 3.63) is 89.5 Å². The van der Waals surface area contributed by atoms with Crippen LogP contribution in [0.4, 0.5) is 5.69 Å². The number of rotatable bonds is 5. The molecule has 0 fully saturated rings. The topological polar surface area (TPSA) is 75.7 Å². The number of aryl methyl sites for hydroxylation is 2. The van der Waals surface area contributed by atoms with Gasteiger partial charge in [-0.1, -0.05) is 59.7 Å². The highest BCUT2D eigenvalue weighted by Crippen LogP contribution is 2.36. The Bertz CT molecular complexity index is 1210. The number of hydrogen-bond donors (Lipinski definition) is 1. The molecule has 7 heteroatoms. The number of carbonyl (C=O) groups excluding carboxylic acids is 1. The Hall–Kier alpha value is -3.32. The molecule has 0 spiro atoms. The van der Waals surface area contributed by atoms with Crippen LogP contribution in [0.3, 0.4) is 0 Å². The van der Waals surface area contributed by atoms with Crippen LogP contribution in [-0.4, -0.2) is 27.0 Å². The Morgan fingerprint density at radius 2 is 1.74 bits per heavy atom. The van der Waals surface area contributed by atoms with Crippen LogP contribution in [0.1, 0.15) is 16.7 Å². The molecule has 0 bridgehead atoms. The van der Waals surface area contributed by atoms with Crippen molar-refractivity contribution in [3.63, 3.8) is 0 Å². The summed E-state index contributed by atoms with van der Waals surface area (Å²) in [6.07, 6.45) is -0.958. The van der Waals surface area contributed by atoms with E-state index in [1.54, 1.807) is 48.5 Å². The predicted octanol–water partition coefficient (Wildman–Crippen LogP) is 3.58. The van der Waals surface area contributed by atoms with Crippen molar-refractivity contribution < 1.29 is 17.9 Å². The number of sulfonamides is 1. The van der Waals surface area contributed by atoms with E-state index < -0.39 is 16.1 Å². The minimum absolute atomic E-state index is 0.104. The van der Waals surface area contributed by atoms with Gasteiger partial charge in [-0.2, -0.15) is 0 Å². The summed E-state index contributed by atoms with van der Waals surface area (Å²) >= 11 is 0. The van der Waals surface area contributed by atoms with Crippen molar-refractivity contribution in [2.45, 2.75) is 31.4 Å². The van der Waals surface area contributed by atoms with Gasteiger partial charge in [0.2, 0.25) is 0 Å². The van der Waals surface area contributed by atoms with Gasteiger partial charge in [-0.05, 0) is 43.7 Å². The normalized spacial score (nSPS) is 15.7. The standard InChI is InChI=1S/C24H24N2O4S/c1-17-10-12-20(13-11-17)31(28,29)26-16-23(30-22-9-4-3-8-21(22)26)24(27)25-15-19-7-5-6-18(2)14-19/h3-14,23H,15-16H2,1-2H3,(H,25,27)/t23-/m0/s1. The number of benzene rings is 3. The molecule has 1 amide bonds. The van der Waals surface area contributed by atoms with E-state index in [0.29, 0.717) is 18.0 Å². The van der Waals surface area contributed by atoms with Crippen LogP contribution in [0.5, 0.6) is 5.75 Å². The third kappa shape index (κ3) is 4.41. The zero-order valence-corrected chi connectivity index (χ0v) is 18.2. The van der Waals surface area contributed by atoms with Crippen LogP contribution in [0.2, 0.25) is 0 Å². The number of anilines is 1. The summed E-state index contributed by atoms with van der Waals surface area (Å²) in [5, 5.41) is 2.86. The SMILES string of the molecule is Cc1ccc(S(=O)(=O)N2C[C@@H](C(=O)NCc3cccc(C)c3)Oc3ccccc32)cc1. The van der Waals surface area contributed by atoms with Gasteiger partial charge in [0.25, 0.3) is 15.9 Å². The molecule has 4 rings (SSSR count). The van der Waals surface area contributed by atoms with Gasteiger partial charge in [0.15, 0.2) is 6.10 Å². The molecule has 6 nitrogen and oxygen atoms in total. The molecule has 3 aromatic carbocycles. The molecule has 0 aromatic heterocycles. The largest absolute Gasteiger partial charge is 0.476 e. The number of hydrogen-bond acceptors (Lipinski definition) is 4. The molecule has 1 aliphatic rings. The van der Waals surface area contributed by atoms with E-state index in [0.717, 1.165) is 16.7 Å². The molecule has 31 heavy (non-hydrogen) atoms. The second kappa shape index (κ2) is 8.43. The molecule has 1 N–H and O–H groups in total. The van der Waals surface area contributed by atoms with Crippen molar-refractivity contribution in [1.29, 1.82) is 0 Å². The van der Waals surface area contributed by atoms with Crippen LogP contribution in [0.25, 0.3) is 0 Å². The number of ether oxygens (including phenoxy) is 1. The van der Waals surface area contributed by atoms with Crippen LogP contribution in [-0.2, 0) is 21.4 Å². The average molecular weight is 437 g/mol. The second-order valence-corrected chi connectivity index (χ2v) is 9.49. The van der Waals surface area contributed by atoms with Crippen molar-refractivity contribution >= 4 is 21.6 Å². The summed E-state index contributed by atoms with van der Waals surface area (Å²) in [5.74, 6) is 0.000238. The average Bonchev–Trinajstić information content (AvgIpc) is 2.77. The van der Waals surface area contributed by atoms with Crippen molar-refractivity contribution in [3.8, 4) is 5.75 Å². The van der Waals surface area contributed by atoms with Gasteiger partial charge in [-0.3, -0.25) is 9.10 Å². The molecular weight excluding hydrogens is 412 g/mol. The Labute approximate surface area is 182 Å². The fraction of sp³-hybridized carbons (Fsp3) is 0.208. The molecule has 0 unspecified atom stereocenters. The summed E-state index contributed by atoms with van der Waals surface area (Å²) in [6, 6.07) is 21.4. The van der Waals surface area contributed by atoms with Gasteiger partial charge in [0.1, 0.15) is 5.75 Å². The fourth-order valence-electron chi connectivity index (χ4n) is 3.53. The van der Waals surface area contributed by atoms with E-state index in [9.17, 15) is 13.2 Å². The zero-order chi connectivity index (χ0) is 22.0. The summed E-state index contributed by atoms with van der Waals surface area (Å²) in [5.41, 5.74) is 3.46. The van der Waals surface area contributed by atoms with E-state index in [1.165, 1.54) is 4.31 Å². The molecule has 3 aromatic rings. The smallest absolute Gasteiger partial charge is 0.264 e. The molecule has 0 radical (unpaired) electrons. The summed E-state index contributed by atoms with van der Waals surface area (Å²) in [7, 11) is -3.86. The minimum atomic E-state index is -3.86. The number of nitrogens with zero attached hydrogens (tertiary/aromatic N) is 1. The Morgan fingerprint density at radius 1 is 1.00 bits per heavy atom. The zero-order valence-electron chi connectivity index (χ0n) is 17.4. The fourth-order valence-corrected chi connectivity index (χ4v) is 5.00. The monoisotopic (exact) mass is 436 g/mol. The molecule has 1 atom stereocenters. The first-order valence-electron chi connectivity index (χ1n) is 10.0. The first-order chi connectivity index (χ1) is 14.8. The maximum absolute atomic E-state index is 13.4. The first-order valence-corrected chi connectivity index (χ1v) is 11.5. The second-order valence-electron chi connectivity index (χ2n) is 7.63. The van der Waals surface area contributed by atoms with Crippen LogP contribution >= 0.6 is 0 Å². The third-order valence-corrected chi connectivity index (χ3v) is 6.98. The van der Waals surface area contributed by atoms with Crippen LogP contribution in [0, 0.1) is 13.8 Å². The van der Waals surface area contributed by atoms with Gasteiger partial charge >= 0.3 is 0 Å². The van der Waals surface area contributed by atoms with E-state index in [-0.39, 0.29) is 17.3 Å². The van der Waals surface area contributed by atoms with E-state index >= 15 is 0 Å². The number of nitrogens with one attached hydrogen (secondary N) is 1. The van der Waals surface area contributed by atoms with E-state index in [4.69, 9.17) is 4.74 Å². The molecule has 160 valence electrons. The quantitative estimate of drug-likeness (QED) is 0.663. The molecule has 0 saturated heterocycles. The number of amides is 1. The molecule has 1 aliphatic heterocycles. The molecule has 0 aliphatic carbocycles. The van der Waals surface area contributed by atoms with Crippen molar-refractivity contribution in [2.75, 3.05) is 10.8 Å². The summed E-state index contributed by atoms with van der Waals surface area (Å²) < 4.78 is 33.9. The van der Waals surface area contributed by atoms with Crippen LogP contribution < -0.4 is 14.4 Å². The lowest BCUT2D eigenvalue weighted by molar-refractivity contribution is -0.127.